The van der Waals surface area contributed by atoms with Gasteiger partial charge in [0.2, 0.25) is 5.91 Å². The molecule has 0 aliphatic carbocycles. The summed E-state index contributed by atoms with van der Waals surface area (Å²) in [7, 11) is 0. The highest BCUT2D eigenvalue weighted by Gasteiger charge is 2.24. The second-order valence-electron chi connectivity index (χ2n) is 5.10. The molecule has 1 atom stereocenters. The lowest BCUT2D eigenvalue weighted by molar-refractivity contribution is -0.125. The van der Waals surface area contributed by atoms with Crippen molar-refractivity contribution in [3.63, 3.8) is 0 Å². The lowest BCUT2D eigenvalue weighted by atomic mass is 9.96. The summed E-state index contributed by atoms with van der Waals surface area (Å²) in [5, 5.41) is 12.0. The highest BCUT2D eigenvalue weighted by molar-refractivity contribution is 5.82. The zero-order chi connectivity index (χ0) is 13.6. The number of carbonyl (C=O) groups excluding carboxylic acids is 1. The maximum atomic E-state index is 12.0. The predicted octanol–water partition coefficient (Wildman–Crippen LogP) is 2.67. The number of rotatable bonds is 5. The van der Waals surface area contributed by atoms with Crippen molar-refractivity contribution < 1.29 is 4.79 Å². The fraction of sp³-hybridized carbons (Fsp3) is 0.467. The van der Waals surface area contributed by atoms with Crippen LogP contribution in [0.2, 0.25) is 0 Å². The van der Waals surface area contributed by atoms with Crippen LogP contribution < -0.4 is 5.32 Å². The summed E-state index contributed by atoms with van der Waals surface area (Å²) in [6.45, 7) is 5.93. The molecule has 0 heterocycles. The molecule has 1 aromatic carbocycles. The van der Waals surface area contributed by atoms with Crippen LogP contribution in [0.15, 0.2) is 30.3 Å². The Hall–Kier alpha value is -1.82. The van der Waals surface area contributed by atoms with Crippen LogP contribution in [-0.4, -0.2) is 11.4 Å². The Balaban J connectivity index is 2.68. The van der Waals surface area contributed by atoms with Gasteiger partial charge < -0.3 is 5.32 Å². The summed E-state index contributed by atoms with van der Waals surface area (Å²) < 4.78 is 0. The van der Waals surface area contributed by atoms with Crippen molar-refractivity contribution in [3.05, 3.63) is 35.9 Å². The molecular formula is C15H20N2O. The molecule has 1 N–H and O–H groups in total. The molecule has 3 heteroatoms. The molecule has 0 aliphatic heterocycles. The van der Waals surface area contributed by atoms with E-state index in [-0.39, 0.29) is 11.4 Å². The van der Waals surface area contributed by atoms with Crippen LogP contribution in [0.3, 0.4) is 0 Å². The maximum absolute atomic E-state index is 12.0. The number of carbonyl (C=O) groups is 1. The first kappa shape index (κ1) is 14.2. The number of hydrogen-bond acceptors (Lipinski definition) is 2. The predicted molar refractivity (Wildman–Crippen MR) is 71.8 cm³/mol. The first-order valence-electron chi connectivity index (χ1n) is 6.24. The topological polar surface area (TPSA) is 52.9 Å². The molecule has 3 nitrogen and oxygen atoms in total. The van der Waals surface area contributed by atoms with Crippen LogP contribution in [0.1, 0.15) is 32.8 Å². The Bertz CT molecular complexity index is 432. The number of benzene rings is 1. The van der Waals surface area contributed by atoms with Gasteiger partial charge in [-0.15, -0.1) is 0 Å². The monoisotopic (exact) mass is 244 g/mol. The van der Waals surface area contributed by atoms with Gasteiger partial charge in [-0.2, -0.15) is 5.26 Å². The Morgan fingerprint density at radius 2 is 2.00 bits per heavy atom. The molecule has 0 bridgehead atoms. The number of hydrogen-bond donors (Lipinski definition) is 1. The van der Waals surface area contributed by atoms with Crippen LogP contribution in [0.5, 0.6) is 0 Å². The molecule has 1 aromatic rings. The molecule has 0 saturated heterocycles. The minimum Gasteiger partial charge on any atom is -0.350 e. The number of amides is 1. The molecule has 96 valence electrons. The van der Waals surface area contributed by atoms with Gasteiger partial charge in [0.15, 0.2) is 0 Å². The van der Waals surface area contributed by atoms with E-state index in [9.17, 15) is 4.79 Å². The van der Waals surface area contributed by atoms with Crippen molar-refractivity contribution in [2.75, 3.05) is 0 Å². The molecule has 1 unspecified atom stereocenters. The van der Waals surface area contributed by atoms with E-state index in [2.05, 4.69) is 11.4 Å². The van der Waals surface area contributed by atoms with Gasteiger partial charge in [0.25, 0.3) is 0 Å². The summed E-state index contributed by atoms with van der Waals surface area (Å²) in [4.78, 5) is 12.0. The minimum atomic E-state index is -0.627. The summed E-state index contributed by atoms with van der Waals surface area (Å²) in [5.74, 6) is -0.813. The van der Waals surface area contributed by atoms with Gasteiger partial charge in [0, 0.05) is 5.54 Å². The first-order valence-corrected chi connectivity index (χ1v) is 6.24. The van der Waals surface area contributed by atoms with Crippen molar-refractivity contribution in [2.45, 2.75) is 39.2 Å². The average Bonchev–Trinajstić information content (AvgIpc) is 2.36. The Labute approximate surface area is 109 Å². The maximum Gasteiger partial charge on any atom is 0.238 e. The molecule has 1 rings (SSSR count). The van der Waals surface area contributed by atoms with Crippen molar-refractivity contribution >= 4 is 5.91 Å². The molecular weight excluding hydrogens is 224 g/mol. The van der Waals surface area contributed by atoms with Gasteiger partial charge in [0.1, 0.15) is 5.92 Å². The Morgan fingerprint density at radius 3 is 2.50 bits per heavy atom. The zero-order valence-corrected chi connectivity index (χ0v) is 11.2. The van der Waals surface area contributed by atoms with E-state index < -0.39 is 5.92 Å². The van der Waals surface area contributed by atoms with Crippen LogP contribution in [0.25, 0.3) is 0 Å². The van der Waals surface area contributed by atoms with E-state index in [1.807, 2.05) is 51.1 Å². The summed E-state index contributed by atoms with van der Waals surface area (Å²) in [5.41, 5.74) is 0.747. The lowest BCUT2D eigenvalue weighted by Crippen LogP contribution is -2.45. The smallest absolute Gasteiger partial charge is 0.238 e. The molecule has 0 fully saturated rings. The largest absolute Gasteiger partial charge is 0.350 e. The van der Waals surface area contributed by atoms with Gasteiger partial charge in [-0.05, 0) is 32.3 Å². The fourth-order valence-corrected chi connectivity index (χ4v) is 1.56. The van der Waals surface area contributed by atoms with Crippen molar-refractivity contribution in [2.24, 2.45) is 5.92 Å². The molecule has 0 spiro atoms. The van der Waals surface area contributed by atoms with Crippen LogP contribution in [0, 0.1) is 17.2 Å². The lowest BCUT2D eigenvalue weighted by Gasteiger charge is -2.25. The van der Waals surface area contributed by atoms with Crippen molar-refractivity contribution in [1.29, 1.82) is 5.26 Å². The van der Waals surface area contributed by atoms with Gasteiger partial charge in [0.05, 0.1) is 6.07 Å². The number of nitrogens with zero attached hydrogens (tertiary/aromatic N) is 1. The highest BCUT2D eigenvalue weighted by atomic mass is 16.2. The van der Waals surface area contributed by atoms with Gasteiger partial charge in [-0.1, -0.05) is 37.3 Å². The quantitative estimate of drug-likeness (QED) is 0.865. The number of nitriles is 1. The van der Waals surface area contributed by atoms with E-state index >= 15 is 0 Å². The zero-order valence-electron chi connectivity index (χ0n) is 11.2. The van der Waals surface area contributed by atoms with E-state index in [0.717, 1.165) is 12.0 Å². The molecule has 1 amide bonds. The summed E-state index contributed by atoms with van der Waals surface area (Å²) in [6.07, 6.45) is 1.30. The first-order chi connectivity index (χ1) is 8.48. The molecule has 0 saturated carbocycles. The molecule has 0 radical (unpaired) electrons. The fourth-order valence-electron chi connectivity index (χ4n) is 1.56. The van der Waals surface area contributed by atoms with E-state index in [1.54, 1.807) is 0 Å². The molecule has 18 heavy (non-hydrogen) atoms. The van der Waals surface area contributed by atoms with Gasteiger partial charge in [-0.3, -0.25) is 4.79 Å². The Kier molecular flexibility index (Phi) is 4.91. The van der Waals surface area contributed by atoms with Gasteiger partial charge >= 0.3 is 0 Å². The molecule has 0 aliphatic rings. The van der Waals surface area contributed by atoms with Crippen LogP contribution in [0.4, 0.5) is 0 Å². The van der Waals surface area contributed by atoms with Gasteiger partial charge in [-0.25, -0.2) is 0 Å². The van der Waals surface area contributed by atoms with Crippen molar-refractivity contribution in [3.8, 4) is 6.07 Å². The van der Waals surface area contributed by atoms with Crippen LogP contribution >= 0.6 is 0 Å². The number of nitrogens with one attached hydrogen (secondary N) is 1. The van der Waals surface area contributed by atoms with E-state index in [4.69, 9.17) is 5.26 Å². The highest BCUT2D eigenvalue weighted by Crippen LogP contribution is 2.12. The normalized spacial score (nSPS) is 12.6. The Morgan fingerprint density at radius 1 is 1.39 bits per heavy atom. The van der Waals surface area contributed by atoms with E-state index in [1.165, 1.54) is 0 Å². The second-order valence-corrected chi connectivity index (χ2v) is 5.10. The average molecular weight is 244 g/mol. The third-order valence-corrected chi connectivity index (χ3v) is 3.10. The minimum absolute atomic E-state index is 0.187. The van der Waals surface area contributed by atoms with Crippen molar-refractivity contribution in [1.82, 2.24) is 5.32 Å². The molecule has 0 aromatic heterocycles. The van der Waals surface area contributed by atoms with Crippen LogP contribution in [-0.2, 0) is 11.2 Å². The van der Waals surface area contributed by atoms with E-state index in [0.29, 0.717) is 6.42 Å². The standard InChI is InChI=1S/C15H20N2O/c1-4-15(2,3)17-14(18)13(11-16)10-12-8-6-5-7-9-12/h5-9,13H,4,10H2,1-3H3,(H,17,18). The summed E-state index contributed by atoms with van der Waals surface area (Å²) in [6, 6.07) is 11.7. The second kappa shape index (κ2) is 6.20. The SMILES string of the molecule is CCC(C)(C)NC(=O)C(C#N)Cc1ccccc1. The third kappa shape index (κ3) is 4.21. The summed E-state index contributed by atoms with van der Waals surface area (Å²) >= 11 is 0. The third-order valence-electron chi connectivity index (χ3n) is 3.10.